The van der Waals surface area contributed by atoms with E-state index in [0.717, 1.165) is 12.1 Å². The lowest BCUT2D eigenvalue weighted by molar-refractivity contribution is 0.646. The summed E-state index contributed by atoms with van der Waals surface area (Å²) in [5, 5.41) is 3.47. The molecule has 2 unspecified atom stereocenters. The highest BCUT2D eigenvalue weighted by molar-refractivity contribution is 6.03. The first-order chi connectivity index (χ1) is 7.86. The summed E-state index contributed by atoms with van der Waals surface area (Å²) >= 11 is 0. The van der Waals surface area contributed by atoms with Crippen molar-refractivity contribution in [3.8, 4) is 0 Å². The average Bonchev–Trinajstić information content (AvgIpc) is 2.96. The van der Waals surface area contributed by atoms with Gasteiger partial charge in [-0.15, -0.1) is 0 Å². The summed E-state index contributed by atoms with van der Waals surface area (Å²) in [5.74, 6) is 0. The van der Waals surface area contributed by atoms with Crippen LogP contribution in [0, 0.1) is 0 Å². The Kier molecular flexibility index (Phi) is 2.13. The molecule has 2 aliphatic heterocycles. The van der Waals surface area contributed by atoms with Gasteiger partial charge >= 0.3 is 0 Å². The van der Waals surface area contributed by atoms with Crippen LogP contribution in [0.2, 0.25) is 0 Å². The standard InChI is InChI=1S/C12H14N4/c1-2-9-5-11-12(15-9)6-10(7-14-11)16-4-3-13-8-16/h3-8,11-12,15H,2H2,1H3. The predicted octanol–water partition coefficient (Wildman–Crippen LogP) is 1.44. The van der Waals surface area contributed by atoms with Crippen LogP contribution in [0.4, 0.5) is 0 Å². The lowest BCUT2D eigenvalue weighted by Gasteiger charge is -2.19. The summed E-state index contributed by atoms with van der Waals surface area (Å²) in [7, 11) is 0. The number of allylic oxidation sites excluding steroid dienone is 2. The molecule has 1 N–H and O–H groups in total. The molecule has 4 nitrogen and oxygen atoms in total. The van der Waals surface area contributed by atoms with Gasteiger partial charge in [-0.05, 0) is 18.6 Å². The zero-order valence-corrected chi connectivity index (χ0v) is 9.17. The van der Waals surface area contributed by atoms with E-state index in [2.05, 4.69) is 34.4 Å². The largest absolute Gasteiger partial charge is 0.380 e. The van der Waals surface area contributed by atoms with Crippen molar-refractivity contribution in [1.29, 1.82) is 0 Å². The Morgan fingerprint density at radius 2 is 2.38 bits per heavy atom. The van der Waals surface area contributed by atoms with Crippen LogP contribution in [0.5, 0.6) is 0 Å². The number of hydrogen-bond acceptors (Lipinski definition) is 3. The first kappa shape index (κ1) is 9.39. The number of imidazole rings is 1. The fourth-order valence-corrected chi connectivity index (χ4v) is 2.11. The van der Waals surface area contributed by atoms with Gasteiger partial charge in [0, 0.05) is 24.3 Å². The molecule has 1 aromatic heterocycles. The highest BCUT2D eigenvalue weighted by Crippen LogP contribution is 2.21. The minimum absolute atomic E-state index is 0.266. The summed E-state index contributed by atoms with van der Waals surface area (Å²) in [6.45, 7) is 2.15. The summed E-state index contributed by atoms with van der Waals surface area (Å²) in [6.07, 6.45) is 12.9. The number of hydrogen-bond donors (Lipinski definition) is 1. The lowest BCUT2D eigenvalue weighted by atomic mass is 10.1. The third-order valence-corrected chi connectivity index (χ3v) is 3.00. The van der Waals surface area contributed by atoms with Crippen LogP contribution >= 0.6 is 0 Å². The van der Waals surface area contributed by atoms with E-state index in [1.807, 2.05) is 17.0 Å². The average molecular weight is 214 g/mol. The highest BCUT2D eigenvalue weighted by atomic mass is 15.1. The summed E-state index contributed by atoms with van der Waals surface area (Å²) in [5.41, 5.74) is 2.37. The third-order valence-electron chi connectivity index (χ3n) is 3.00. The maximum Gasteiger partial charge on any atom is 0.0992 e. The molecule has 3 heterocycles. The number of nitrogens with zero attached hydrogens (tertiary/aromatic N) is 3. The Labute approximate surface area is 94.4 Å². The van der Waals surface area contributed by atoms with Gasteiger partial charge in [0.2, 0.25) is 0 Å². The van der Waals surface area contributed by atoms with E-state index in [4.69, 9.17) is 0 Å². The Hall–Kier alpha value is -1.84. The Bertz CT molecular complexity index is 467. The number of fused-ring (bicyclic) bond motifs is 1. The van der Waals surface area contributed by atoms with Crippen LogP contribution in [0.1, 0.15) is 13.3 Å². The summed E-state index contributed by atoms with van der Waals surface area (Å²) < 4.78 is 1.98. The van der Waals surface area contributed by atoms with Crippen LogP contribution in [-0.4, -0.2) is 27.8 Å². The Morgan fingerprint density at radius 1 is 1.44 bits per heavy atom. The summed E-state index contributed by atoms with van der Waals surface area (Å²) in [6, 6.07) is 0.569. The topological polar surface area (TPSA) is 42.2 Å². The molecule has 82 valence electrons. The number of nitrogens with one attached hydrogen (secondary N) is 1. The van der Waals surface area contributed by atoms with Gasteiger partial charge in [0.15, 0.2) is 0 Å². The van der Waals surface area contributed by atoms with Gasteiger partial charge in [0.25, 0.3) is 0 Å². The van der Waals surface area contributed by atoms with Gasteiger partial charge < -0.3 is 9.88 Å². The minimum Gasteiger partial charge on any atom is -0.380 e. The van der Waals surface area contributed by atoms with Gasteiger partial charge in [0.1, 0.15) is 0 Å². The van der Waals surface area contributed by atoms with E-state index < -0.39 is 0 Å². The number of dihydropyridines is 1. The highest BCUT2D eigenvalue weighted by Gasteiger charge is 2.26. The molecule has 1 aromatic rings. The molecule has 16 heavy (non-hydrogen) atoms. The van der Waals surface area contributed by atoms with Crippen LogP contribution in [0.15, 0.2) is 41.6 Å². The number of rotatable bonds is 2. The van der Waals surface area contributed by atoms with Gasteiger partial charge in [-0.2, -0.15) is 0 Å². The molecule has 3 rings (SSSR count). The molecule has 0 aromatic carbocycles. The van der Waals surface area contributed by atoms with Gasteiger partial charge in [-0.1, -0.05) is 6.92 Å². The van der Waals surface area contributed by atoms with Crippen molar-refractivity contribution in [3.63, 3.8) is 0 Å². The second-order valence-electron chi connectivity index (χ2n) is 4.05. The predicted molar refractivity (Wildman–Crippen MR) is 64.1 cm³/mol. The number of aliphatic imine (C=N–C) groups is 1. The molecule has 0 amide bonds. The fraction of sp³-hybridized carbons (Fsp3) is 0.333. The fourth-order valence-electron chi connectivity index (χ4n) is 2.11. The Balaban J connectivity index is 1.86. The van der Waals surface area contributed by atoms with E-state index in [9.17, 15) is 0 Å². The lowest BCUT2D eigenvalue weighted by Crippen LogP contribution is -2.31. The molecule has 0 saturated carbocycles. The van der Waals surface area contributed by atoms with Crippen molar-refractivity contribution in [3.05, 3.63) is 36.6 Å². The van der Waals surface area contributed by atoms with Crippen molar-refractivity contribution < 1.29 is 0 Å². The second kappa shape index (κ2) is 3.63. The van der Waals surface area contributed by atoms with E-state index >= 15 is 0 Å². The van der Waals surface area contributed by atoms with Crippen LogP contribution < -0.4 is 5.32 Å². The molecule has 2 aliphatic rings. The molecule has 0 bridgehead atoms. The van der Waals surface area contributed by atoms with Gasteiger partial charge in [-0.25, -0.2) is 4.98 Å². The van der Waals surface area contributed by atoms with Gasteiger partial charge in [-0.3, -0.25) is 4.99 Å². The third kappa shape index (κ3) is 1.46. The molecule has 0 aliphatic carbocycles. The molecular weight excluding hydrogens is 200 g/mol. The zero-order chi connectivity index (χ0) is 11.0. The first-order valence-corrected chi connectivity index (χ1v) is 5.57. The van der Waals surface area contributed by atoms with Crippen LogP contribution in [0.3, 0.4) is 0 Å². The second-order valence-corrected chi connectivity index (χ2v) is 4.05. The maximum atomic E-state index is 4.55. The molecular formula is C12H14N4. The van der Waals surface area contributed by atoms with E-state index in [0.29, 0.717) is 6.04 Å². The smallest absolute Gasteiger partial charge is 0.0992 e. The van der Waals surface area contributed by atoms with E-state index in [1.54, 1.807) is 12.5 Å². The normalized spacial score (nSPS) is 27.1. The van der Waals surface area contributed by atoms with Crippen molar-refractivity contribution in [2.45, 2.75) is 25.4 Å². The van der Waals surface area contributed by atoms with Crippen molar-refractivity contribution >= 4 is 11.9 Å². The molecule has 2 atom stereocenters. The molecule has 0 saturated heterocycles. The van der Waals surface area contributed by atoms with E-state index in [-0.39, 0.29) is 6.04 Å². The molecule has 4 heteroatoms. The van der Waals surface area contributed by atoms with E-state index in [1.165, 1.54) is 5.70 Å². The first-order valence-electron chi connectivity index (χ1n) is 5.57. The minimum atomic E-state index is 0.266. The quantitative estimate of drug-likeness (QED) is 0.809. The zero-order valence-electron chi connectivity index (χ0n) is 9.17. The maximum absolute atomic E-state index is 4.55. The molecule has 0 radical (unpaired) electrons. The number of aromatic nitrogens is 2. The van der Waals surface area contributed by atoms with Gasteiger partial charge in [0.05, 0.1) is 24.1 Å². The Morgan fingerprint density at radius 3 is 3.12 bits per heavy atom. The monoisotopic (exact) mass is 214 g/mol. The molecule has 0 spiro atoms. The SMILES string of the molecule is CCC1=CC2N=CC(n3ccnc3)=CC2N1. The summed E-state index contributed by atoms with van der Waals surface area (Å²) in [4.78, 5) is 8.59. The van der Waals surface area contributed by atoms with Crippen LogP contribution in [0.25, 0.3) is 5.70 Å². The van der Waals surface area contributed by atoms with Crippen molar-refractivity contribution in [2.24, 2.45) is 4.99 Å². The van der Waals surface area contributed by atoms with Crippen LogP contribution in [-0.2, 0) is 0 Å². The van der Waals surface area contributed by atoms with Crippen molar-refractivity contribution in [2.75, 3.05) is 0 Å². The van der Waals surface area contributed by atoms with Crippen molar-refractivity contribution in [1.82, 2.24) is 14.9 Å². The molecule has 0 fully saturated rings.